The number of nitrogens with one attached hydrogen (secondary N) is 1. The average molecular weight is 503 g/mol. The normalized spacial score (nSPS) is 13.0. The fourth-order valence-corrected chi connectivity index (χ4v) is 5.49. The molecule has 0 saturated carbocycles. The van der Waals surface area contributed by atoms with E-state index in [4.69, 9.17) is 13.6 Å². The maximum atomic E-state index is 13.1. The first-order chi connectivity index (χ1) is 17.6. The summed E-state index contributed by atoms with van der Waals surface area (Å²) in [5.74, 6) is 1.36. The molecule has 36 heavy (non-hydrogen) atoms. The predicted octanol–water partition coefficient (Wildman–Crippen LogP) is 6.34. The molecule has 0 spiro atoms. The summed E-state index contributed by atoms with van der Waals surface area (Å²) in [6.07, 6.45) is 7.27. The Morgan fingerprint density at radius 2 is 2.03 bits per heavy atom. The molecule has 1 aliphatic rings. The van der Waals surface area contributed by atoms with Gasteiger partial charge in [0.1, 0.15) is 22.3 Å². The van der Waals surface area contributed by atoms with Crippen molar-refractivity contribution in [2.45, 2.75) is 39.2 Å². The van der Waals surface area contributed by atoms with Crippen molar-refractivity contribution in [3.8, 4) is 11.3 Å². The summed E-state index contributed by atoms with van der Waals surface area (Å²) < 4.78 is 16.4. The second-order valence-corrected chi connectivity index (χ2v) is 9.50. The van der Waals surface area contributed by atoms with Gasteiger partial charge >= 0.3 is 5.97 Å². The zero-order chi connectivity index (χ0) is 24.9. The molecule has 1 aromatic carbocycles. The smallest absolute Gasteiger partial charge is 0.338 e. The third-order valence-electron chi connectivity index (χ3n) is 5.98. The molecule has 184 valence electrons. The molecular weight excluding hydrogens is 476 g/mol. The second-order valence-electron chi connectivity index (χ2n) is 8.41. The van der Waals surface area contributed by atoms with Crippen LogP contribution in [0.4, 0.5) is 5.00 Å². The number of hydrogen-bond acceptors (Lipinski definition) is 7. The molecule has 3 heterocycles. The quantitative estimate of drug-likeness (QED) is 0.224. The summed E-state index contributed by atoms with van der Waals surface area (Å²) in [5.41, 5.74) is 2.98. The van der Waals surface area contributed by atoms with Gasteiger partial charge in [0.2, 0.25) is 0 Å². The zero-order valence-electron chi connectivity index (χ0n) is 19.9. The van der Waals surface area contributed by atoms with Gasteiger partial charge in [-0.1, -0.05) is 12.1 Å². The number of furan rings is 2. The Balaban J connectivity index is 1.37. The third kappa shape index (κ3) is 5.18. The van der Waals surface area contributed by atoms with Crippen LogP contribution in [0.25, 0.3) is 11.3 Å². The van der Waals surface area contributed by atoms with E-state index < -0.39 is 0 Å². The molecule has 7 nitrogen and oxygen atoms in total. The predicted molar refractivity (Wildman–Crippen MR) is 138 cm³/mol. The van der Waals surface area contributed by atoms with Crippen LogP contribution in [-0.4, -0.2) is 24.7 Å². The maximum Gasteiger partial charge on any atom is 0.338 e. The molecule has 5 rings (SSSR count). The van der Waals surface area contributed by atoms with Crippen molar-refractivity contribution in [2.75, 3.05) is 6.61 Å². The molecule has 0 fully saturated rings. The lowest BCUT2D eigenvalue weighted by molar-refractivity contribution is 0.0526. The van der Waals surface area contributed by atoms with E-state index in [0.717, 1.165) is 36.8 Å². The lowest BCUT2D eigenvalue weighted by Gasteiger charge is -2.12. The molecule has 0 unspecified atom stereocenters. The minimum Gasteiger partial charge on any atom is -0.467 e. The highest BCUT2D eigenvalue weighted by Gasteiger charge is 2.25. The highest BCUT2D eigenvalue weighted by molar-refractivity contribution is 7.16. The Morgan fingerprint density at radius 3 is 2.86 bits per heavy atom. The molecule has 0 bridgehead atoms. The van der Waals surface area contributed by atoms with Crippen molar-refractivity contribution < 1.29 is 23.2 Å². The third-order valence-corrected chi connectivity index (χ3v) is 7.18. The fourth-order valence-electron chi connectivity index (χ4n) is 4.26. The van der Waals surface area contributed by atoms with Crippen LogP contribution in [0.15, 0.2) is 68.6 Å². The van der Waals surface area contributed by atoms with E-state index in [1.807, 2.05) is 24.3 Å². The summed E-state index contributed by atoms with van der Waals surface area (Å²) in [7, 11) is 0. The highest BCUT2D eigenvalue weighted by atomic mass is 32.1. The van der Waals surface area contributed by atoms with Crippen molar-refractivity contribution in [3.63, 3.8) is 0 Å². The Bertz CT molecular complexity index is 1400. The van der Waals surface area contributed by atoms with Gasteiger partial charge in [0.05, 0.1) is 36.8 Å². The highest BCUT2D eigenvalue weighted by Crippen LogP contribution is 2.40. The second kappa shape index (κ2) is 10.8. The monoisotopic (exact) mass is 502 g/mol. The van der Waals surface area contributed by atoms with E-state index in [1.165, 1.54) is 4.88 Å². The summed E-state index contributed by atoms with van der Waals surface area (Å²) in [4.78, 5) is 31.1. The SMILES string of the molecule is CCOC(=O)c1cccc(-c2ccc(/C=N\c3sc4c(c3C(=O)NCc3ccco3)CCCC4)o2)c1. The Hall–Kier alpha value is -3.91. The van der Waals surface area contributed by atoms with Crippen molar-refractivity contribution in [1.29, 1.82) is 0 Å². The molecule has 1 amide bonds. The number of benzene rings is 1. The summed E-state index contributed by atoms with van der Waals surface area (Å²) >= 11 is 1.57. The summed E-state index contributed by atoms with van der Waals surface area (Å²) in [5, 5.41) is 3.65. The Morgan fingerprint density at radius 1 is 1.14 bits per heavy atom. The lowest BCUT2D eigenvalue weighted by Crippen LogP contribution is -2.23. The number of nitrogens with zero attached hydrogens (tertiary/aromatic N) is 1. The number of hydrogen-bond donors (Lipinski definition) is 1. The van der Waals surface area contributed by atoms with Gasteiger partial charge in [0, 0.05) is 10.4 Å². The number of fused-ring (bicyclic) bond motifs is 1. The number of carbonyl (C=O) groups excluding carboxylic acids is 2. The number of aryl methyl sites for hydroxylation is 1. The fraction of sp³-hybridized carbons (Fsp3) is 0.250. The number of carbonyl (C=O) groups is 2. The number of rotatable bonds is 8. The summed E-state index contributed by atoms with van der Waals surface area (Å²) in [6, 6.07) is 14.4. The standard InChI is InChI=1S/C28H26N2O5S/c1-2-33-28(32)19-8-5-7-18(15-19)23-13-12-21(35-23)17-30-27-25(22-10-3-4-11-24(22)36-27)26(31)29-16-20-9-6-14-34-20/h5-9,12-15,17H,2-4,10-11,16H2,1H3,(H,29,31)/b30-17-. The van der Waals surface area contributed by atoms with E-state index in [0.29, 0.717) is 46.6 Å². The maximum absolute atomic E-state index is 13.1. The van der Waals surface area contributed by atoms with Crippen LogP contribution in [0.1, 0.15) is 62.4 Å². The number of amides is 1. The molecular formula is C28H26N2O5S. The van der Waals surface area contributed by atoms with Gasteiger partial charge in [-0.05, 0) is 74.6 Å². The first-order valence-electron chi connectivity index (χ1n) is 12.0. The first kappa shape index (κ1) is 23.8. The average Bonchev–Trinajstić information content (AvgIpc) is 3.66. The number of thiophene rings is 1. The molecule has 0 radical (unpaired) electrons. The summed E-state index contributed by atoms with van der Waals surface area (Å²) in [6.45, 7) is 2.42. The van der Waals surface area contributed by atoms with E-state index >= 15 is 0 Å². The van der Waals surface area contributed by atoms with Crippen molar-refractivity contribution in [1.82, 2.24) is 5.32 Å². The molecule has 0 aliphatic heterocycles. The van der Waals surface area contributed by atoms with Crippen LogP contribution >= 0.6 is 11.3 Å². The topological polar surface area (TPSA) is 94.0 Å². The Labute approximate surface area is 212 Å². The van der Waals surface area contributed by atoms with Crippen molar-refractivity contribution >= 4 is 34.4 Å². The molecule has 3 aromatic heterocycles. The molecule has 4 aromatic rings. The molecule has 0 saturated heterocycles. The molecule has 1 N–H and O–H groups in total. The molecule has 8 heteroatoms. The number of ether oxygens (including phenoxy) is 1. The van der Waals surface area contributed by atoms with E-state index in [9.17, 15) is 9.59 Å². The van der Waals surface area contributed by atoms with Crippen LogP contribution in [0.2, 0.25) is 0 Å². The van der Waals surface area contributed by atoms with Crippen LogP contribution in [0, 0.1) is 0 Å². The number of esters is 1. The van der Waals surface area contributed by atoms with Gasteiger partial charge in [-0.2, -0.15) is 0 Å². The lowest BCUT2D eigenvalue weighted by atomic mass is 9.95. The molecule has 0 atom stereocenters. The van der Waals surface area contributed by atoms with E-state index in [1.54, 1.807) is 55.0 Å². The Kier molecular flexibility index (Phi) is 7.13. The van der Waals surface area contributed by atoms with Gasteiger partial charge in [0.15, 0.2) is 0 Å². The first-order valence-corrected chi connectivity index (χ1v) is 12.8. The van der Waals surface area contributed by atoms with Gasteiger partial charge in [-0.25, -0.2) is 9.79 Å². The van der Waals surface area contributed by atoms with Crippen LogP contribution in [-0.2, 0) is 24.1 Å². The minimum atomic E-state index is -0.368. The van der Waals surface area contributed by atoms with Gasteiger partial charge < -0.3 is 18.9 Å². The number of aliphatic imine (C=N–C) groups is 1. The van der Waals surface area contributed by atoms with E-state index in [2.05, 4.69) is 10.3 Å². The van der Waals surface area contributed by atoms with Gasteiger partial charge in [-0.15, -0.1) is 11.3 Å². The minimum absolute atomic E-state index is 0.145. The van der Waals surface area contributed by atoms with Crippen LogP contribution in [0.5, 0.6) is 0 Å². The van der Waals surface area contributed by atoms with Gasteiger partial charge in [-0.3, -0.25) is 4.79 Å². The molecule has 1 aliphatic carbocycles. The largest absolute Gasteiger partial charge is 0.467 e. The van der Waals surface area contributed by atoms with Crippen LogP contribution < -0.4 is 5.32 Å². The van der Waals surface area contributed by atoms with Gasteiger partial charge in [0.25, 0.3) is 5.91 Å². The van der Waals surface area contributed by atoms with E-state index in [-0.39, 0.29) is 11.9 Å². The zero-order valence-corrected chi connectivity index (χ0v) is 20.7. The van der Waals surface area contributed by atoms with Crippen LogP contribution in [0.3, 0.4) is 0 Å². The van der Waals surface area contributed by atoms with Crippen molar-refractivity contribution in [2.24, 2.45) is 4.99 Å². The van der Waals surface area contributed by atoms with Crippen molar-refractivity contribution in [3.05, 3.63) is 87.9 Å².